The van der Waals surface area contributed by atoms with Gasteiger partial charge < -0.3 is 0 Å². The normalized spacial score (nSPS) is 9.85. The Hall–Kier alpha value is -1.88. The second-order valence-corrected chi connectivity index (χ2v) is 2.68. The molecule has 0 atom stereocenters. The largest absolute Gasteiger partial charge is 0.252 e. The van der Waals surface area contributed by atoms with Crippen LogP contribution in [0.5, 0.6) is 0 Å². The van der Waals surface area contributed by atoms with Crippen LogP contribution in [0.1, 0.15) is 5.56 Å². The minimum Gasteiger partial charge on any atom is -0.252 e. The fourth-order valence-electron chi connectivity index (χ4n) is 1.20. The molecule has 0 fully saturated rings. The fourth-order valence-corrected chi connectivity index (χ4v) is 1.20. The summed E-state index contributed by atoms with van der Waals surface area (Å²) < 4.78 is 13.1. The van der Waals surface area contributed by atoms with Crippen LogP contribution < -0.4 is 0 Å². The number of para-hydroxylation sites is 1. The molecule has 2 aromatic rings. The van der Waals surface area contributed by atoms with Gasteiger partial charge in [-0.25, -0.2) is 4.39 Å². The molecule has 0 bridgehead atoms. The van der Waals surface area contributed by atoms with Crippen LogP contribution in [-0.2, 0) is 0 Å². The molecule has 0 unspecified atom stereocenters. The molecule has 0 radical (unpaired) electrons. The molecule has 62 valence electrons. The second kappa shape index (κ2) is 2.87. The summed E-state index contributed by atoms with van der Waals surface area (Å²) >= 11 is 0. The Morgan fingerprint density at radius 3 is 3.00 bits per heavy atom. The zero-order valence-electron chi connectivity index (χ0n) is 6.79. The van der Waals surface area contributed by atoms with Crippen molar-refractivity contribution in [1.82, 2.24) is 4.98 Å². The van der Waals surface area contributed by atoms with E-state index in [1.807, 2.05) is 0 Å². The Morgan fingerprint density at radius 2 is 2.23 bits per heavy atom. The number of hydrogen-bond acceptors (Lipinski definition) is 1. The summed E-state index contributed by atoms with van der Waals surface area (Å²) in [5.41, 5.74) is 1.03. The minimum atomic E-state index is -0.318. The van der Waals surface area contributed by atoms with Crippen molar-refractivity contribution in [2.24, 2.45) is 0 Å². The summed E-state index contributed by atoms with van der Waals surface area (Å²) in [5, 5.41) is 0.732. The Kier molecular flexibility index (Phi) is 1.71. The molecule has 0 N–H and O–H groups in total. The molecule has 0 saturated carbocycles. The third-order valence-corrected chi connectivity index (χ3v) is 1.83. The maximum Gasteiger partial charge on any atom is 0.149 e. The zero-order valence-corrected chi connectivity index (χ0v) is 6.79. The number of aromatic nitrogens is 1. The lowest BCUT2D eigenvalue weighted by molar-refractivity contribution is 0.637. The van der Waals surface area contributed by atoms with Crippen LogP contribution in [0, 0.1) is 18.2 Å². The highest BCUT2D eigenvalue weighted by atomic mass is 19.1. The topological polar surface area (TPSA) is 12.9 Å². The maximum atomic E-state index is 13.1. The Labute approximate surface area is 75.2 Å². The molecule has 0 saturated heterocycles. The van der Waals surface area contributed by atoms with E-state index in [1.165, 1.54) is 12.3 Å². The van der Waals surface area contributed by atoms with Gasteiger partial charge in [0.25, 0.3) is 0 Å². The summed E-state index contributed by atoms with van der Waals surface area (Å²) in [6.07, 6.45) is 6.69. The van der Waals surface area contributed by atoms with Crippen molar-refractivity contribution in [2.75, 3.05) is 0 Å². The molecule has 1 aromatic carbocycles. The third kappa shape index (κ3) is 1.25. The zero-order chi connectivity index (χ0) is 9.26. The van der Waals surface area contributed by atoms with Crippen molar-refractivity contribution in [1.29, 1.82) is 0 Å². The number of nitrogens with zero attached hydrogens (tertiary/aromatic N) is 1. The highest BCUT2D eigenvalue weighted by Crippen LogP contribution is 2.15. The molecule has 2 rings (SSSR count). The van der Waals surface area contributed by atoms with Gasteiger partial charge in [0.2, 0.25) is 0 Å². The third-order valence-electron chi connectivity index (χ3n) is 1.83. The van der Waals surface area contributed by atoms with Crippen molar-refractivity contribution >= 4 is 10.9 Å². The lowest BCUT2D eigenvalue weighted by Crippen LogP contribution is -1.85. The maximum absolute atomic E-state index is 13.1. The highest BCUT2D eigenvalue weighted by Gasteiger charge is 2.00. The quantitative estimate of drug-likeness (QED) is 0.554. The van der Waals surface area contributed by atoms with Crippen LogP contribution in [0.2, 0.25) is 0 Å². The summed E-state index contributed by atoms with van der Waals surface area (Å²) in [6.45, 7) is 0. The summed E-state index contributed by atoms with van der Waals surface area (Å²) in [5.74, 6) is 2.14. The van der Waals surface area contributed by atoms with E-state index in [9.17, 15) is 4.39 Å². The molecule has 13 heavy (non-hydrogen) atoms. The SMILES string of the molecule is C#Cc1cnc2c(F)cccc2c1. The van der Waals surface area contributed by atoms with E-state index < -0.39 is 0 Å². The van der Waals surface area contributed by atoms with Crippen molar-refractivity contribution in [3.8, 4) is 12.3 Å². The van der Waals surface area contributed by atoms with Crippen molar-refractivity contribution in [3.05, 3.63) is 41.8 Å². The molecular formula is C11H6FN. The van der Waals surface area contributed by atoms with E-state index in [-0.39, 0.29) is 5.82 Å². The molecule has 0 aliphatic carbocycles. The molecule has 0 spiro atoms. The molecule has 1 nitrogen and oxygen atoms in total. The van der Waals surface area contributed by atoms with E-state index >= 15 is 0 Å². The monoisotopic (exact) mass is 171 g/mol. The van der Waals surface area contributed by atoms with Crippen LogP contribution >= 0.6 is 0 Å². The Balaban J connectivity index is 2.82. The lowest BCUT2D eigenvalue weighted by atomic mass is 10.1. The van der Waals surface area contributed by atoms with Gasteiger partial charge in [0.1, 0.15) is 11.3 Å². The number of halogens is 1. The van der Waals surface area contributed by atoms with Crippen molar-refractivity contribution in [2.45, 2.75) is 0 Å². The van der Waals surface area contributed by atoms with Gasteiger partial charge in [-0.05, 0) is 12.1 Å². The number of rotatable bonds is 0. The minimum absolute atomic E-state index is 0.318. The smallest absolute Gasteiger partial charge is 0.149 e. The lowest BCUT2D eigenvalue weighted by Gasteiger charge is -1.97. The number of fused-ring (bicyclic) bond motifs is 1. The molecule has 0 amide bonds. The van der Waals surface area contributed by atoms with E-state index in [0.29, 0.717) is 11.1 Å². The van der Waals surface area contributed by atoms with Crippen LogP contribution in [-0.4, -0.2) is 4.98 Å². The first kappa shape index (κ1) is 7.75. The van der Waals surface area contributed by atoms with Crippen LogP contribution in [0.15, 0.2) is 30.5 Å². The van der Waals surface area contributed by atoms with Crippen molar-refractivity contribution in [3.63, 3.8) is 0 Å². The molecule has 1 aromatic heterocycles. The summed E-state index contributed by atoms with van der Waals surface area (Å²) in [6, 6.07) is 6.54. The van der Waals surface area contributed by atoms with Gasteiger partial charge in [-0.15, -0.1) is 6.42 Å². The van der Waals surface area contributed by atoms with Gasteiger partial charge in [-0.2, -0.15) is 0 Å². The van der Waals surface area contributed by atoms with Crippen LogP contribution in [0.4, 0.5) is 4.39 Å². The van der Waals surface area contributed by atoms with Gasteiger partial charge in [0.15, 0.2) is 0 Å². The summed E-state index contributed by atoms with van der Waals surface area (Å²) in [7, 11) is 0. The van der Waals surface area contributed by atoms with E-state index in [0.717, 1.165) is 5.39 Å². The first-order valence-corrected chi connectivity index (χ1v) is 3.82. The molecule has 0 aliphatic rings. The van der Waals surface area contributed by atoms with Crippen molar-refractivity contribution < 1.29 is 4.39 Å². The Morgan fingerprint density at radius 1 is 1.38 bits per heavy atom. The van der Waals surface area contributed by atoms with Gasteiger partial charge in [-0.3, -0.25) is 4.98 Å². The van der Waals surface area contributed by atoms with E-state index in [2.05, 4.69) is 10.9 Å². The standard InChI is InChI=1S/C11H6FN/c1-2-8-6-9-4-3-5-10(12)11(9)13-7-8/h1,3-7H. The predicted molar refractivity (Wildman–Crippen MR) is 49.6 cm³/mol. The number of benzene rings is 1. The molecule has 0 aliphatic heterocycles. The van der Waals surface area contributed by atoms with Gasteiger partial charge in [-0.1, -0.05) is 18.1 Å². The first-order chi connectivity index (χ1) is 6.31. The fraction of sp³-hybridized carbons (Fsp3) is 0. The molecule has 1 heterocycles. The Bertz CT molecular complexity index is 497. The number of hydrogen-bond donors (Lipinski definition) is 0. The van der Waals surface area contributed by atoms with E-state index in [4.69, 9.17) is 6.42 Å². The highest BCUT2D eigenvalue weighted by molar-refractivity contribution is 5.80. The molecule has 2 heteroatoms. The van der Waals surface area contributed by atoms with Gasteiger partial charge in [0, 0.05) is 17.1 Å². The number of pyridine rings is 1. The average molecular weight is 171 g/mol. The predicted octanol–water partition coefficient (Wildman–Crippen LogP) is 2.36. The first-order valence-electron chi connectivity index (χ1n) is 3.82. The van der Waals surface area contributed by atoms with Gasteiger partial charge >= 0.3 is 0 Å². The van der Waals surface area contributed by atoms with Crippen LogP contribution in [0.3, 0.4) is 0 Å². The van der Waals surface area contributed by atoms with Gasteiger partial charge in [0.05, 0.1) is 0 Å². The van der Waals surface area contributed by atoms with E-state index in [1.54, 1.807) is 18.2 Å². The summed E-state index contributed by atoms with van der Waals surface area (Å²) in [4.78, 5) is 3.93. The van der Waals surface area contributed by atoms with Crippen LogP contribution in [0.25, 0.3) is 10.9 Å². The molecular weight excluding hydrogens is 165 g/mol. The second-order valence-electron chi connectivity index (χ2n) is 2.68. The average Bonchev–Trinajstić information content (AvgIpc) is 2.18. The number of terminal acetylenes is 1.